The van der Waals surface area contributed by atoms with Crippen LogP contribution in [0.3, 0.4) is 0 Å². The van der Waals surface area contributed by atoms with Crippen LogP contribution in [0.2, 0.25) is 0 Å². The summed E-state index contributed by atoms with van der Waals surface area (Å²) in [5, 5.41) is 11.0. The van der Waals surface area contributed by atoms with Gasteiger partial charge in [0, 0.05) is 71.9 Å². The van der Waals surface area contributed by atoms with Crippen LogP contribution in [0.15, 0.2) is 60.7 Å². The first-order chi connectivity index (χ1) is 17.9. The van der Waals surface area contributed by atoms with Crippen molar-refractivity contribution in [1.29, 1.82) is 0 Å². The number of carbonyl (C=O) groups is 2. The van der Waals surface area contributed by atoms with Gasteiger partial charge in [0.25, 0.3) is 5.91 Å². The molecule has 0 saturated heterocycles. The molecule has 0 unspecified atom stereocenters. The quantitative estimate of drug-likeness (QED) is 0.451. The molecule has 0 saturated carbocycles. The summed E-state index contributed by atoms with van der Waals surface area (Å²) in [5.74, 6) is 0.781. The monoisotopic (exact) mass is 500 g/mol. The summed E-state index contributed by atoms with van der Waals surface area (Å²) in [6.07, 6.45) is -1.31. The van der Waals surface area contributed by atoms with Crippen molar-refractivity contribution in [2.45, 2.75) is 33.2 Å². The molecular weight excluding hydrogens is 468 g/mol. The average Bonchev–Trinajstić information content (AvgIpc) is 3.14. The van der Waals surface area contributed by atoms with Gasteiger partial charge >= 0.3 is 6.09 Å². The van der Waals surface area contributed by atoms with Gasteiger partial charge in [-0.3, -0.25) is 4.79 Å². The van der Waals surface area contributed by atoms with E-state index in [9.17, 15) is 14.7 Å². The van der Waals surface area contributed by atoms with Crippen molar-refractivity contribution in [2.24, 2.45) is 0 Å². The highest BCUT2D eigenvalue weighted by atomic mass is 16.5. The summed E-state index contributed by atoms with van der Waals surface area (Å²) in [5.41, 5.74) is 5.78. The van der Waals surface area contributed by atoms with Crippen LogP contribution in [0, 0.1) is 0 Å². The van der Waals surface area contributed by atoms with Crippen molar-refractivity contribution in [2.75, 3.05) is 36.0 Å². The molecule has 8 heteroatoms. The lowest BCUT2D eigenvalue weighted by Crippen LogP contribution is -2.55. The van der Waals surface area contributed by atoms with Crippen molar-refractivity contribution in [3.8, 4) is 11.5 Å². The maximum atomic E-state index is 13.7. The fraction of sp³-hybridized carbons (Fsp3) is 0.310. The molecule has 2 aliphatic rings. The predicted octanol–water partition coefficient (Wildman–Crippen LogP) is 5.42. The third kappa shape index (κ3) is 3.58. The molecule has 0 atom stereocenters. The van der Waals surface area contributed by atoms with E-state index in [0.29, 0.717) is 33.8 Å². The van der Waals surface area contributed by atoms with Gasteiger partial charge in [-0.15, -0.1) is 0 Å². The number of anilines is 2. The van der Waals surface area contributed by atoms with Gasteiger partial charge in [0.15, 0.2) is 0 Å². The molecule has 0 fully saturated rings. The summed E-state index contributed by atoms with van der Waals surface area (Å²) < 4.78 is 6.56. The highest BCUT2D eigenvalue weighted by Gasteiger charge is 2.57. The average molecular weight is 501 g/mol. The summed E-state index contributed by atoms with van der Waals surface area (Å²) >= 11 is 0. The molecule has 192 valence electrons. The first-order valence-corrected chi connectivity index (χ1v) is 12.8. The van der Waals surface area contributed by atoms with Crippen LogP contribution in [0.4, 0.5) is 16.2 Å². The van der Waals surface area contributed by atoms with E-state index in [1.807, 2.05) is 48.5 Å². The number of fused-ring (bicyclic) bond motifs is 6. The number of benzene rings is 3. The predicted molar refractivity (Wildman–Crippen MR) is 144 cm³/mol. The van der Waals surface area contributed by atoms with Crippen LogP contribution in [-0.4, -0.2) is 48.3 Å². The molecule has 0 radical (unpaired) electrons. The zero-order chi connectivity index (χ0) is 26.3. The number of carboxylic acid groups (broad SMARTS) is 1. The van der Waals surface area contributed by atoms with E-state index in [1.165, 1.54) is 5.01 Å². The molecule has 37 heavy (non-hydrogen) atoms. The van der Waals surface area contributed by atoms with Gasteiger partial charge in [-0.25, -0.2) is 15.2 Å². The van der Waals surface area contributed by atoms with Crippen LogP contribution in [0.1, 0.15) is 54.7 Å². The minimum atomic E-state index is -1.31. The van der Waals surface area contributed by atoms with Gasteiger partial charge in [0.2, 0.25) is 0 Å². The third-order valence-electron chi connectivity index (χ3n) is 7.48. The standard InChI is InChI=1S/C29H32N4O4/c1-5-31(6-2)19-13-15-23-25(17-19)37-26-18-20(32(7-3)8-4)14-16-24(26)29(23)22-12-10-9-11-21(22)27(34)33(29)30-28(35)36/h9-18,30H,5-8H2,1-4H3,(H,35,36). The lowest BCUT2D eigenvalue weighted by molar-refractivity contribution is 0.0503. The molecule has 2 aliphatic heterocycles. The Bertz CT molecular complexity index is 1300. The molecular formula is C29H32N4O4. The van der Waals surface area contributed by atoms with E-state index in [1.54, 1.807) is 12.1 Å². The fourth-order valence-electron chi connectivity index (χ4n) is 5.76. The molecule has 0 aliphatic carbocycles. The second-order valence-electron chi connectivity index (χ2n) is 9.12. The number of hydrogen-bond acceptors (Lipinski definition) is 5. The minimum absolute atomic E-state index is 0.405. The Morgan fingerprint density at radius 2 is 1.35 bits per heavy atom. The highest BCUT2D eigenvalue weighted by molar-refractivity contribution is 6.03. The fourth-order valence-corrected chi connectivity index (χ4v) is 5.76. The molecule has 3 aromatic rings. The van der Waals surface area contributed by atoms with Gasteiger partial charge in [-0.05, 0) is 45.9 Å². The van der Waals surface area contributed by atoms with Crippen molar-refractivity contribution >= 4 is 23.4 Å². The van der Waals surface area contributed by atoms with E-state index < -0.39 is 17.5 Å². The lowest BCUT2D eigenvalue weighted by Gasteiger charge is -2.43. The Labute approximate surface area is 217 Å². The molecule has 2 heterocycles. The molecule has 0 bridgehead atoms. The van der Waals surface area contributed by atoms with Gasteiger partial charge in [0.1, 0.15) is 17.0 Å². The topological polar surface area (TPSA) is 85.4 Å². The summed E-state index contributed by atoms with van der Waals surface area (Å²) in [7, 11) is 0. The second-order valence-corrected chi connectivity index (χ2v) is 9.12. The van der Waals surface area contributed by atoms with Crippen LogP contribution in [0.5, 0.6) is 11.5 Å². The van der Waals surface area contributed by atoms with Gasteiger partial charge < -0.3 is 19.6 Å². The molecule has 2 amide bonds. The Morgan fingerprint density at radius 3 is 1.84 bits per heavy atom. The largest absolute Gasteiger partial charge is 0.464 e. The summed E-state index contributed by atoms with van der Waals surface area (Å²) in [6, 6.07) is 19.2. The van der Waals surface area contributed by atoms with Crippen molar-refractivity contribution in [1.82, 2.24) is 10.4 Å². The Hall–Kier alpha value is -4.20. The zero-order valence-corrected chi connectivity index (χ0v) is 21.6. The van der Waals surface area contributed by atoms with E-state index in [2.05, 4.69) is 42.9 Å². The van der Waals surface area contributed by atoms with Crippen molar-refractivity contribution in [3.05, 3.63) is 82.9 Å². The molecule has 8 nitrogen and oxygen atoms in total. The van der Waals surface area contributed by atoms with E-state index in [0.717, 1.165) is 37.6 Å². The SMILES string of the molecule is CCN(CC)c1ccc2c(c1)Oc1cc(N(CC)CC)ccc1C21c2ccccc2C(=O)N1NC(=O)O. The molecule has 5 rings (SSSR count). The van der Waals surface area contributed by atoms with E-state index in [-0.39, 0.29) is 0 Å². The number of rotatable bonds is 7. The second kappa shape index (κ2) is 9.35. The van der Waals surface area contributed by atoms with Gasteiger partial charge in [-0.1, -0.05) is 30.3 Å². The minimum Gasteiger partial charge on any atom is -0.464 e. The van der Waals surface area contributed by atoms with Crippen molar-refractivity contribution < 1.29 is 19.4 Å². The van der Waals surface area contributed by atoms with Crippen LogP contribution in [-0.2, 0) is 5.54 Å². The summed E-state index contributed by atoms with van der Waals surface area (Å²) in [4.78, 5) is 30.1. The van der Waals surface area contributed by atoms with Crippen LogP contribution >= 0.6 is 0 Å². The first-order valence-electron chi connectivity index (χ1n) is 12.8. The van der Waals surface area contributed by atoms with E-state index >= 15 is 0 Å². The molecule has 1 spiro atoms. The molecule has 0 aromatic heterocycles. The first kappa shape index (κ1) is 24.5. The van der Waals surface area contributed by atoms with Crippen LogP contribution < -0.4 is 20.0 Å². The maximum absolute atomic E-state index is 13.7. The number of ether oxygens (including phenoxy) is 1. The zero-order valence-electron chi connectivity index (χ0n) is 21.6. The normalized spacial score (nSPS) is 14.5. The summed E-state index contributed by atoms with van der Waals surface area (Å²) in [6.45, 7) is 11.7. The Kier molecular flexibility index (Phi) is 6.19. The third-order valence-corrected chi connectivity index (χ3v) is 7.48. The Morgan fingerprint density at radius 1 is 0.838 bits per heavy atom. The number of nitrogens with one attached hydrogen (secondary N) is 1. The number of amides is 2. The van der Waals surface area contributed by atoms with Crippen molar-refractivity contribution in [3.63, 3.8) is 0 Å². The highest BCUT2D eigenvalue weighted by Crippen LogP contribution is 2.57. The molecule has 2 N–H and O–H groups in total. The van der Waals surface area contributed by atoms with Gasteiger partial charge in [0.05, 0.1) is 0 Å². The van der Waals surface area contributed by atoms with E-state index in [4.69, 9.17) is 4.74 Å². The number of hydrazine groups is 1. The number of carbonyl (C=O) groups excluding carboxylic acids is 1. The lowest BCUT2D eigenvalue weighted by atomic mass is 9.75. The molecule has 3 aromatic carbocycles. The Balaban J connectivity index is 1.84. The number of nitrogens with zero attached hydrogens (tertiary/aromatic N) is 3. The smallest absolute Gasteiger partial charge is 0.423 e. The van der Waals surface area contributed by atoms with Crippen LogP contribution in [0.25, 0.3) is 0 Å². The van der Waals surface area contributed by atoms with Gasteiger partial charge in [-0.2, -0.15) is 0 Å². The number of hydrogen-bond donors (Lipinski definition) is 2. The maximum Gasteiger partial charge on any atom is 0.423 e.